The second-order valence-electron chi connectivity index (χ2n) is 5.41. The van der Waals surface area contributed by atoms with Crippen molar-refractivity contribution in [1.29, 1.82) is 0 Å². The summed E-state index contributed by atoms with van der Waals surface area (Å²) in [6, 6.07) is 12.0. The number of H-pyrrole nitrogens is 1. The van der Waals surface area contributed by atoms with Crippen molar-refractivity contribution in [2.75, 3.05) is 12.4 Å². The van der Waals surface area contributed by atoms with E-state index in [4.69, 9.17) is 9.47 Å². The Morgan fingerprint density at radius 1 is 1.24 bits per heavy atom. The number of anilines is 1. The first-order chi connectivity index (χ1) is 12.2. The van der Waals surface area contributed by atoms with Crippen LogP contribution in [-0.4, -0.2) is 27.7 Å². The van der Waals surface area contributed by atoms with Crippen LogP contribution in [0.4, 0.5) is 5.95 Å². The lowest BCUT2D eigenvalue weighted by Gasteiger charge is -2.15. The van der Waals surface area contributed by atoms with E-state index in [1.165, 1.54) is 5.56 Å². The summed E-state index contributed by atoms with van der Waals surface area (Å²) in [5.41, 5.74) is 3.33. The molecule has 0 aliphatic rings. The highest BCUT2D eigenvalue weighted by Crippen LogP contribution is 2.37. The first-order valence-corrected chi connectivity index (χ1v) is 8.47. The average Bonchev–Trinajstić information content (AvgIpc) is 3.13. The van der Waals surface area contributed by atoms with Gasteiger partial charge >= 0.3 is 0 Å². The molecule has 2 aromatic carbocycles. The Hall–Kier alpha value is -2.61. The number of nitrogens with zero attached hydrogens (tertiary/aromatic N) is 3. The largest absolute Gasteiger partial charge is 0.493 e. The molecule has 0 saturated carbocycles. The number of ether oxygens (including phenoxy) is 2. The molecule has 0 aliphatic carbocycles. The molecule has 130 valence electrons. The molecule has 0 bridgehead atoms. The van der Waals surface area contributed by atoms with Crippen molar-refractivity contribution in [2.45, 2.75) is 20.1 Å². The molecular formula is C17H18BrN5O2. The van der Waals surface area contributed by atoms with Gasteiger partial charge in [-0.1, -0.05) is 29.4 Å². The van der Waals surface area contributed by atoms with Crippen molar-refractivity contribution >= 4 is 21.9 Å². The standard InChI is InChI=1S/C17H18BrN5O2/c1-11-5-3-4-6-13(11)10-25-16-14(18)7-12(8-15(16)24-2)9-19-17-20-22-23-21-17/h3-8H,9-10H2,1-2H3,(H2,19,20,21,22,23). The molecule has 0 fully saturated rings. The predicted octanol–water partition coefficient (Wildman–Crippen LogP) is 3.47. The summed E-state index contributed by atoms with van der Waals surface area (Å²) >= 11 is 3.57. The first kappa shape index (κ1) is 17.2. The fraction of sp³-hybridized carbons (Fsp3) is 0.235. The van der Waals surface area contributed by atoms with Crippen molar-refractivity contribution in [3.05, 3.63) is 57.6 Å². The minimum absolute atomic E-state index is 0.440. The number of aromatic amines is 1. The third-order valence-electron chi connectivity index (χ3n) is 3.72. The van der Waals surface area contributed by atoms with Gasteiger partial charge in [-0.15, -0.1) is 5.10 Å². The number of benzene rings is 2. The number of hydrogen-bond donors (Lipinski definition) is 2. The van der Waals surface area contributed by atoms with E-state index in [9.17, 15) is 0 Å². The van der Waals surface area contributed by atoms with Crippen LogP contribution in [0.1, 0.15) is 16.7 Å². The minimum atomic E-state index is 0.440. The zero-order valence-electron chi connectivity index (χ0n) is 13.9. The van der Waals surface area contributed by atoms with E-state index in [1.54, 1.807) is 7.11 Å². The molecule has 0 unspecified atom stereocenters. The minimum Gasteiger partial charge on any atom is -0.493 e. The zero-order chi connectivity index (χ0) is 17.6. The highest BCUT2D eigenvalue weighted by molar-refractivity contribution is 9.10. The summed E-state index contributed by atoms with van der Waals surface area (Å²) in [7, 11) is 1.62. The van der Waals surface area contributed by atoms with Crippen molar-refractivity contribution in [2.24, 2.45) is 0 Å². The number of nitrogens with one attached hydrogen (secondary N) is 2. The number of hydrogen-bond acceptors (Lipinski definition) is 6. The maximum Gasteiger partial charge on any atom is 0.263 e. The molecule has 0 amide bonds. The Morgan fingerprint density at radius 2 is 2.08 bits per heavy atom. The predicted molar refractivity (Wildman–Crippen MR) is 97.7 cm³/mol. The topological polar surface area (TPSA) is 85.0 Å². The molecule has 25 heavy (non-hydrogen) atoms. The number of aryl methyl sites for hydroxylation is 1. The van der Waals surface area contributed by atoms with E-state index in [1.807, 2.05) is 24.3 Å². The van der Waals surface area contributed by atoms with Gasteiger partial charge in [0.05, 0.1) is 11.6 Å². The van der Waals surface area contributed by atoms with Gasteiger partial charge in [-0.25, -0.2) is 0 Å². The summed E-state index contributed by atoms with van der Waals surface area (Å²) < 4.78 is 12.3. The van der Waals surface area contributed by atoms with Gasteiger partial charge in [0.2, 0.25) is 0 Å². The molecule has 1 aromatic heterocycles. The molecule has 0 spiro atoms. The maximum atomic E-state index is 6.00. The summed E-state index contributed by atoms with van der Waals surface area (Å²) in [5.74, 6) is 1.77. The van der Waals surface area contributed by atoms with Gasteiger partial charge in [0.1, 0.15) is 6.61 Å². The number of tetrazole rings is 1. The lowest BCUT2D eigenvalue weighted by Crippen LogP contribution is -2.04. The Kier molecular flexibility index (Phi) is 5.49. The number of halogens is 1. The van der Waals surface area contributed by atoms with Gasteiger partial charge < -0.3 is 14.8 Å². The Morgan fingerprint density at radius 3 is 2.80 bits per heavy atom. The van der Waals surface area contributed by atoms with Crippen molar-refractivity contribution < 1.29 is 9.47 Å². The van der Waals surface area contributed by atoms with E-state index in [-0.39, 0.29) is 0 Å². The molecule has 7 nitrogen and oxygen atoms in total. The van der Waals surface area contributed by atoms with Crippen molar-refractivity contribution in [3.8, 4) is 11.5 Å². The molecule has 3 aromatic rings. The lowest BCUT2D eigenvalue weighted by molar-refractivity contribution is 0.282. The molecule has 0 aliphatic heterocycles. The SMILES string of the molecule is COc1cc(CNc2nn[nH]n2)cc(Br)c1OCc1ccccc1C. The zero-order valence-corrected chi connectivity index (χ0v) is 15.5. The molecule has 0 radical (unpaired) electrons. The van der Waals surface area contributed by atoms with Crippen LogP contribution in [0.5, 0.6) is 11.5 Å². The molecule has 3 rings (SSSR count). The quantitative estimate of drug-likeness (QED) is 0.628. The molecule has 2 N–H and O–H groups in total. The Bertz CT molecular complexity index is 839. The fourth-order valence-corrected chi connectivity index (χ4v) is 2.96. The van der Waals surface area contributed by atoms with E-state index in [0.717, 1.165) is 15.6 Å². The van der Waals surface area contributed by atoms with Gasteiger partial charge in [-0.2, -0.15) is 5.21 Å². The summed E-state index contributed by atoms with van der Waals surface area (Å²) in [6.45, 7) is 3.08. The van der Waals surface area contributed by atoms with E-state index in [0.29, 0.717) is 30.6 Å². The van der Waals surface area contributed by atoms with E-state index in [2.05, 4.69) is 60.9 Å². The smallest absolute Gasteiger partial charge is 0.263 e. The van der Waals surface area contributed by atoms with Gasteiger partial charge in [0.25, 0.3) is 5.95 Å². The van der Waals surface area contributed by atoms with Gasteiger partial charge in [0.15, 0.2) is 11.5 Å². The molecule has 1 heterocycles. The van der Waals surface area contributed by atoms with Crippen LogP contribution in [0.2, 0.25) is 0 Å². The van der Waals surface area contributed by atoms with Gasteiger partial charge in [-0.05, 0) is 56.9 Å². The van der Waals surface area contributed by atoms with Crippen molar-refractivity contribution in [3.63, 3.8) is 0 Å². The second-order valence-corrected chi connectivity index (χ2v) is 6.27. The van der Waals surface area contributed by atoms with Crippen LogP contribution in [0.25, 0.3) is 0 Å². The third kappa shape index (κ3) is 4.27. The number of rotatable bonds is 7. The highest BCUT2D eigenvalue weighted by atomic mass is 79.9. The first-order valence-electron chi connectivity index (χ1n) is 7.68. The van der Waals surface area contributed by atoms with E-state index < -0.39 is 0 Å². The van der Waals surface area contributed by atoms with Crippen LogP contribution in [0.15, 0.2) is 40.9 Å². The van der Waals surface area contributed by atoms with Crippen LogP contribution < -0.4 is 14.8 Å². The monoisotopic (exact) mass is 403 g/mol. The third-order valence-corrected chi connectivity index (χ3v) is 4.31. The lowest BCUT2D eigenvalue weighted by atomic mass is 10.1. The normalized spacial score (nSPS) is 10.5. The number of aromatic nitrogens is 4. The molecule has 8 heteroatoms. The second kappa shape index (κ2) is 7.98. The van der Waals surface area contributed by atoms with Crippen LogP contribution in [-0.2, 0) is 13.2 Å². The van der Waals surface area contributed by atoms with Crippen LogP contribution in [0.3, 0.4) is 0 Å². The summed E-state index contributed by atoms with van der Waals surface area (Å²) in [6.07, 6.45) is 0. The molecule has 0 saturated heterocycles. The average molecular weight is 404 g/mol. The highest BCUT2D eigenvalue weighted by Gasteiger charge is 2.13. The molecular weight excluding hydrogens is 386 g/mol. The maximum absolute atomic E-state index is 6.00. The Balaban J connectivity index is 1.74. The Labute approximate surface area is 153 Å². The van der Waals surface area contributed by atoms with Crippen molar-refractivity contribution in [1.82, 2.24) is 20.6 Å². The van der Waals surface area contributed by atoms with E-state index >= 15 is 0 Å². The summed E-state index contributed by atoms with van der Waals surface area (Å²) in [5, 5.41) is 16.7. The number of methoxy groups -OCH3 is 1. The summed E-state index contributed by atoms with van der Waals surface area (Å²) in [4.78, 5) is 0. The van der Waals surface area contributed by atoms with Crippen LogP contribution in [0, 0.1) is 6.92 Å². The fourth-order valence-electron chi connectivity index (χ4n) is 2.36. The van der Waals surface area contributed by atoms with Crippen LogP contribution >= 0.6 is 15.9 Å². The van der Waals surface area contributed by atoms with Gasteiger partial charge in [0, 0.05) is 6.54 Å². The van der Waals surface area contributed by atoms with Gasteiger partial charge in [-0.3, -0.25) is 0 Å². The molecule has 0 atom stereocenters.